The quantitative estimate of drug-likeness (QED) is 0.813. The molecule has 0 aliphatic rings. The Labute approximate surface area is 118 Å². The van der Waals surface area contributed by atoms with Gasteiger partial charge < -0.3 is 0 Å². The molecule has 5 heteroatoms. The van der Waals surface area contributed by atoms with Crippen LogP contribution in [0, 0.1) is 13.8 Å². The van der Waals surface area contributed by atoms with Crippen LogP contribution in [0.2, 0.25) is 0 Å². The Kier molecular flexibility index (Phi) is 5.82. The van der Waals surface area contributed by atoms with Crippen molar-refractivity contribution in [1.29, 1.82) is 0 Å². The van der Waals surface area contributed by atoms with Crippen LogP contribution in [0.5, 0.6) is 0 Å². The first-order chi connectivity index (χ1) is 8.36. The lowest BCUT2D eigenvalue weighted by Gasteiger charge is -2.11. The average Bonchev–Trinajstić information content (AvgIpc) is 2.31. The summed E-state index contributed by atoms with van der Waals surface area (Å²) in [5.74, 6) is 0. The predicted molar refractivity (Wildman–Crippen MR) is 78.7 cm³/mol. The minimum atomic E-state index is -3.39. The van der Waals surface area contributed by atoms with Gasteiger partial charge in [-0.2, -0.15) is 0 Å². The molecule has 1 unspecified atom stereocenters. The first kappa shape index (κ1) is 15.7. The van der Waals surface area contributed by atoms with Crippen LogP contribution in [0.15, 0.2) is 23.1 Å². The number of nitrogens with one attached hydrogen (secondary N) is 1. The maximum Gasteiger partial charge on any atom is 0.240 e. The highest BCUT2D eigenvalue weighted by molar-refractivity contribution is 9.09. The van der Waals surface area contributed by atoms with Gasteiger partial charge >= 0.3 is 0 Å². The molecule has 18 heavy (non-hydrogen) atoms. The second-order valence-electron chi connectivity index (χ2n) is 4.46. The van der Waals surface area contributed by atoms with Crippen molar-refractivity contribution in [3.05, 3.63) is 29.3 Å². The Morgan fingerprint density at radius 1 is 1.33 bits per heavy atom. The summed E-state index contributed by atoms with van der Waals surface area (Å²) in [5, 5.41) is 0. The van der Waals surface area contributed by atoms with Crippen LogP contribution in [0.3, 0.4) is 0 Å². The number of alkyl halides is 1. The molecule has 1 rings (SSSR count). The van der Waals surface area contributed by atoms with E-state index >= 15 is 0 Å². The third-order valence-electron chi connectivity index (χ3n) is 2.83. The summed E-state index contributed by atoms with van der Waals surface area (Å²) in [6.45, 7) is 6.23. The van der Waals surface area contributed by atoms with Gasteiger partial charge in [0, 0.05) is 11.4 Å². The normalized spacial score (nSPS) is 13.6. The summed E-state index contributed by atoms with van der Waals surface area (Å²) in [4.78, 5) is 0.740. The van der Waals surface area contributed by atoms with Crippen molar-refractivity contribution < 1.29 is 8.42 Å². The van der Waals surface area contributed by atoms with Gasteiger partial charge in [0.25, 0.3) is 0 Å². The van der Waals surface area contributed by atoms with Gasteiger partial charge in [0.15, 0.2) is 0 Å². The Balaban J connectivity index is 2.77. The summed E-state index contributed by atoms with van der Waals surface area (Å²) in [5.41, 5.74) is 1.73. The molecule has 0 saturated heterocycles. The fourth-order valence-electron chi connectivity index (χ4n) is 1.63. The van der Waals surface area contributed by atoms with Crippen molar-refractivity contribution in [3.63, 3.8) is 0 Å². The van der Waals surface area contributed by atoms with Gasteiger partial charge in [-0.05, 0) is 43.9 Å². The molecular formula is C13H20BrNO2S. The molecule has 102 valence electrons. The predicted octanol–water partition coefficient (Wildman–Crippen LogP) is 3.15. The number of halogens is 1. The molecule has 1 N–H and O–H groups in total. The number of sulfonamides is 1. The summed E-state index contributed by atoms with van der Waals surface area (Å²) in [7, 11) is -3.39. The summed E-state index contributed by atoms with van der Waals surface area (Å²) >= 11 is 3.49. The standard InChI is InChI=1S/C13H20BrNO2S/c1-4-12(14)7-8-15-18(16,17)13-9-10(2)5-6-11(13)3/h5-6,9,12,15H,4,7-8H2,1-3H3. The number of benzene rings is 1. The van der Waals surface area contributed by atoms with E-state index in [9.17, 15) is 8.42 Å². The lowest BCUT2D eigenvalue weighted by molar-refractivity contribution is 0.577. The van der Waals surface area contributed by atoms with Crippen molar-refractivity contribution in [2.75, 3.05) is 6.54 Å². The monoisotopic (exact) mass is 333 g/mol. The van der Waals surface area contributed by atoms with Crippen molar-refractivity contribution in [3.8, 4) is 0 Å². The molecule has 0 radical (unpaired) electrons. The van der Waals surface area contributed by atoms with Crippen molar-refractivity contribution in [1.82, 2.24) is 4.72 Å². The average molecular weight is 334 g/mol. The molecule has 1 aromatic carbocycles. The van der Waals surface area contributed by atoms with Gasteiger partial charge in [-0.3, -0.25) is 0 Å². The van der Waals surface area contributed by atoms with Crippen LogP contribution in [-0.2, 0) is 10.0 Å². The zero-order valence-electron chi connectivity index (χ0n) is 11.0. The van der Waals surface area contributed by atoms with E-state index < -0.39 is 10.0 Å². The van der Waals surface area contributed by atoms with Gasteiger partial charge in [-0.1, -0.05) is 35.0 Å². The van der Waals surface area contributed by atoms with Crippen LogP contribution < -0.4 is 4.72 Å². The molecule has 1 aromatic rings. The molecule has 0 aromatic heterocycles. The van der Waals surface area contributed by atoms with Crippen LogP contribution in [0.4, 0.5) is 0 Å². The summed E-state index contributed by atoms with van der Waals surface area (Å²) in [6, 6.07) is 5.46. The second kappa shape index (κ2) is 6.68. The molecule has 0 spiro atoms. The van der Waals surface area contributed by atoms with Gasteiger partial charge in [-0.25, -0.2) is 13.1 Å². The highest BCUT2D eigenvalue weighted by Crippen LogP contribution is 2.17. The van der Waals surface area contributed by atoms with Crippen molar-refractivity contribution >= 4 is 26.0 Å². The Hall–Kier alpha value is -0.390. The molecule has 0 heterocycles. The molecule has 0 amide bonds. The van der Waals surface area contributed by atoms with E-state index in [1.165, 1.54) is 0 Å². The van der Waals surface area contributed by atoms with Gasteiger partial charge in [-0.15, -0.1) is 0 Å². The van der Waals surface area contributed by atoms with E-state index in [2.05, 4.69) is 27.6 Å². The minimum Gasteiger partial charge on any atom is -0.211 e. The van der Waals surface area contributed by atoms with E-state index in [1.54, 1.807) is 6.07 Å². The summed E-state index contributed by atoms with van der Waals surface area (Å²) < 4.78 is 26.9. The third kappa shape index (κ3) is 4.37. The first-order valence-electron chi connectivity index (χ1n) is 6.07. The maximum atomic E-state index is 12.1. The highest BCUT2D eigenvalue weighted by Gasteiger charge is 2.16. The molecule has 3 nitrogen and oxygen atoms in total. The largest absolute Gasteiger partial charge is 0.240 e. The number of hydrogen-bond acceptors (Lipinski definition) is 2. The zero-order valence-corrected chi connectivity index (χ0v) is 13.4. The van der Waals surface area contributed by atoms with E-state index in [0.717, 1.165) is 24.0 Å². The van der Waals surface area contributed by atoms with Crippen molar-refractivity contribution in [2.24, 2.45) is 0 Å². The molecule has 0 fully saturated rings. The topological polar surface area (TPSA) is 46.2 Å². The Morgan fingerprint density at radius 2 is 2.00 bits per heavy atom. The van der Waals surface area contributed by atoms with Crippen LogP contribution in [0.1, 0.15) is 30.9 Å². The van der Waals surface area contributed by atoms with Crippen LogP contribution in [-0.4, -0.2) is 19.8 Å². The molecule has 0 bridgehead atoms. The number of aryl methyl sites for hydroxylation is 2. The third-order valence-corrected chi connectivity index (χ3v) is 5.53. The molecule has 0 aliphatic heterocycles. The van der Waals surface area contributed by atoms with Gasteiger partial charge in [0.1, 0.15) is 0 Å². The number of rotatable bonds is 6. The SMILES string of the molecule is CCC(Br)CCNS(=O)(=O)c1cc(C)ccc1C. The van der Waals surface area contributed by atoms with Crippen molar-refractivity contribution in [2.45, 2.75) is 43.3 Å². The second-order valence-corrected chi connectivity index (χ2v) is 7.49. The van der Waals surface area contributed by atoms with E-state index in [0.29, 0.717) is 16.3 Å². The molecule has 0 saturated carbocycles. The minimum absolute atomic E-state index is 0.360. The first-order valence-corrected chi connectivity index (χ1v) is 8.47. The smallest absolute Gasteiger partial charge is 0.211 e. The highest BCUT2D eigenvalue weighted by atomic mass is 79.9. The maximum absolute atomic E-state index is 12.1. The Morgan fingerprint density at radius 3 is 2.61 bits per heavy atom. The van der Waals surface area contributed by atoms with E-state index in [4.69, 9.17) is 0 Å². The Bertz CT molecular complexity index is 500. The summed E-state index contributed by atoms with van der Waals surface area (Å²) in [6.07, 6.45) is 1.78. The number of hydrogen-bond donors (Lipinski definition) is 1. The van der Waals surface area contributed by atoms with E-state index in [1.807, 2.05) is 26.0 Å². The molecule has 0 aliphatic carbocycles. The molecule has 1 atom stereocenters. The van der Waals surface area contributed by atoms with Gasteiger partial charge in [0.2, 0.25) is 10.0 Å². The van der Waals surface area contributed by atoms with Gasteiger partial charge in [0.05, 0.1) is 4.90 Å². The fraction of sp³-hybridized carbons (Fsp3) is 0.538. The zero-order chi connectivity index (χ0) is 13.8. The van der Waals surface area contributed by atoms with Crippen LogP contribution >= 0.6 is 15.9 Å². The fourth-order valence-corrected chi connectivity index (χ4v) is 3.23. The van der Waals surface area contributed by atoms with E-state index in [-0.39, 0.29) is 0 Å². The van der Waals surface area contributed by atoms with Crippen LogP contribution in [0.25, 0.3) is 0 Å². The molecular weight excluding hydrogens is 314 g/mol. The lowest BCUT2D eigenvalue weighted by atomic mass is 10.2. The lowest BCUT2D eigenvalue weighted by Crippen LogP contribution is -2.27.